The molecule has 0 unspecified atom stereocenters. The van der Waals surface area contributed by atoms with Crippen LogP contribution in [-0.4, -0.2) is 113 Å². The second kappa shape index (κ2) is 18.5. The third kappa shape index (κ3) is 12.1. The molecule has 0 aliphatic carbocycles. The number of aromatic nitrogens is 4. The van der Waals surface area contributed by atoms with Gasteiger partial charge in [-0.1, -0.05) is 0 Å². The molecule has 4 fully saturated rings. The van der Waals surface area contributed by atoms with E-state index in [1.807, 2.05) is 61.1 Å². The summed E-state index contributed by atoms with van der Waals surface area (Å²) in [5.74, 6) is 2.19. The average Bonchev–Trinajstić information content (AvgIpc) is 3.15. The molecule has 0 aromatic carbocycles. The number of carbonyl (C=O) groups is 2. The molecule has 0 atom stereocenters. The summed E-state index contributed by atoms with van der Waals surface area (Å²) in [6, 6.07) is 0.188. The second-order valence-corrected chi connectivity index (χ2v) is 17.4. The van der Waals surface area contributed by atoms with E-state index >= 15 is 0 Å². The Labute approximate surface area is 329 Å². The smallest absolute Gasteiger partial charge is 0.410 e. The number of methoxy groups -OCH3 is 1. The molecular formula is C39H59ClF2N8O5. The summed E-state index contributed by atoms with van der Waals surface area (Å²) in [5.41, 5.74) is -0.917. The Morgan fingerprint density at radius 2 is 0.964 bits per heavy atom. The van der Waals surface area contributed by atoms with Gasteiger partial charge in [0.25, 0.3) is 0 Å². The highest BCUT2D eigenvalue weighted by molar-refractivity contribution is 6.28. The zero-order valence-corrected chi connectivity index (χ0v) is 34.3. The van der Waals surface area contributed by atoms with Gasteiger partial charge in [-0.3, -0.25) is 0 Å². The van der Waals surface area contributed by atoms with Gasteiger partial charge in [-0.2, -0.15) is 9.97 Å². The SMILES string of the molecule is CC(C)(C)OC(=O)N1CCC(C2CCN(c3nc(Cl)ncc3F)CC2)CC1.COc1ncc(F)c(N2CCC(C3CCN(C(=O)OC(C)(C)C)CC3)CC2)n1. The fraction of sp³-hybridized carbons (Fsp3) is 0.744. The summed E-state index contributed by atoms with van der Waals surface area (Å²) in [6.07, 6.45) is 9.86. The third-order valence-electron chi connectivity index (χ3n) is 11.0. The molecule has 4 aliphatic heterocycles. The number of hydrogen-bond donors (Lipinski definition) is 0. The molecule has 4 aliphatic rings. The Kier molecular flexibility index (Phi) is 14.2. The minimum absolute atomic E-state index is 0.0723. The Balaban J connectivity index is 0.000000211. The van der Waals surface area contributed by atoms with Crippen molar-refractivity contribution < 1.29 is 32.6 Å². The fourth-order valence-electron chi connectivity index (χ4n) is 8.15. The maximum atomic E-state index is 14.1. The van der Waals surface area contributed by atoms with E-state index in [2.05, 4.69) is 19.9 Å². The van der Waals surface area contributed by atoms with E-state index in [1.165, 1.54) is 13.3 Å². The predicted molar refractivity (Wildman–Crippen MR) is 206 cm³/mol. The van der Waals surface area contributed by atoms with Crippen LogP contribution in [0.2, 0.25) is 5.28 Å². The van der Waals surface area contributed by atoms with Crippen LogP contribution in [0.15, 0.2) is 12.4 Å². The molecular weight excluding hydrogens is 734 g/mol. The van der Waals surface area contributed by atoms with Gasteiger partial charge in [0.1, 0.15) is 11.2 Å². The number of likely N-dealkylation sites (tertiary alicyclic amines) is 2. The van der Waals surface area contributed by atoms with Crippen LogP contribution >= 0.6 is 11.6 Å². The van der Waals surface area contributed by atoms with Crippen molar-refractivity contribution in [3.8, 4) is 6.01 Å². The second-order valence-electron chi connectivity index (χ2n) is 17.1. The van der Waals surface area contributed by atoms with Gasteiger partial charge in [-0.05, 0) is 128 Å². The van der Waals surface area contributed by atoms with Crippen molar-refractivity contribution in [3.05, 3.63) is 29.3 Å². The number of hydrogen-bond acceptors (Lipinski definition) is 11. The van der Waals surface area contributed by atoms with Gasteiger partial charge in [0.05, 0.1) is 19.5 Å². The molecule has 4 saturated heterocycles. The van der Waals surface area contributed by atoms with Crippen LogP contribution in [0.1, 0.15) is 92.9 Å². The Bertz CT molecular complexity index is 1580. The van der Waals surface area contributed by atoms with Crippen molar-refractivity contribution in [2.75, 3.05) is 69.3 Å². The van der Waals surface area contributed by atoms with Crippen LogP contribution in [0.25, 0.3) is 0 Å². The first kappa shape index (κ1) is 42.4. The number of rotatable bonds is 5. The first-order valence-corrected chi connectivity index (χ1v) is 20.1. The predicted octanol–water partition coefficient (Wildman–Crippen LogP) is 7.62. The highest BCUT2D eigenvalue weighted by Crippen LogP contribution is 2.36. The van der Waals surface area contributed by atoms with Crippen molar-refractivity contribution in [2.45, 2.75) is 104 Å². The minimum atomic E-state index is -0.459. The topological polar surface area (TPSA) is 126 Å². The minimum Gasteiger partial charge on any atom is -0.467 e. The Hall–Kier alpha value is -3.75. The number of carbonyl (C=O) groups excluding carboxylic acids is 2. The summed E-state index contributed by atoms with van der Waals surface area (Å²) in [4.78, 5) is 47.7. The lowest BCUT2D eigenvalue weighted by Crippen LogP contribution is -2.44. The Morgan fingerprint density at radius 1 is 0.618 bits per heavy atom. The number of piperidine rings is 4. The molecule has 0 N–H and O–H groups in total. The summed E-state index contributed by atoms with van der Waals surface area (Å²) >= 11 is 5.81. The van der Waals surface area contributed by atoms with E-state index in [0.717, 1.165) is 110 Å². The number of amides is 2. The van der Waals surface area contributed by atoms with Crippen LogP contribution in [0.3, 0.4) is 0 Å². The maximum absolute atomic E-state index is 14.1. The molecule has 6 rings (SSSR count). The zero-order valence-electron chi connectivity index (χ0n) is 33.5. The molecule has 16 heteroatoms. The van der Waals surface area contributed by atoms with Crippen LogP contribution < -0.4 is 14.5 Å². The van der Waals surface area contributed by atoms with Gasteiger partial charge in [-0.25, -0.2) is 28.3 Å². The van der Waals surface area contributed by atoms with Crippen LogP contribution in [0.5, 0.6) is 6.01 Å². The van der Waals surface area contributed by atoms with E-state index in [-0.39, 0.29) is 23.5 Å². The van der Waals surface area contributed by atoms with Gasteiger partial charge in [0.2, 0.25) is 5.28 Å². The van der Waals surface area contributed by atoms with E-state index in [9.17, 15) is 18.4 Å². The van der Waals surface area contributed by atoms with Gasteiger partial charge in [-0.15, -0.1) is 0 Å². The van der Waals surface area contributed by atoms with Gasteiger partial charge >= 0.3 is 18.2 Å². The molecule has 13 nitrogen and oxygen atoms in total. The molecule has 2 amide bonds. The number of nitrogens with zero attached hydrogens (tertiary/aromatic N) is 8. The third-order valence-corrected chi connectivity index (χ3v) is 11.2. The maximum Gasteiger partial charge on any atom is 0.410 e. The van der Waals surface area contributed by atoms with E-state index in [4.69, 9.17) is 25.8 Å². The molecule has 2 aromatic heterocycles. The number of halogens is 3. The highest BCUT2D eigenvalue weighted by atomic mass is 35.5. The standard InChI is InChI=1S/C20H31FN4O3.C19H28ClFN4O2/c1-20(2,3)28-19(26)25-11-7-15(8-12-25)14-5-9-24(10-6-14)17-16(21)13-22-18(23-17)27-4;1-19(2,3)27-18(26)25-10-6-14(7-11-25)13-4-8-24(9-5-13)16-15(21)12-22-17(20)23-16/h13-15H,5-12H2,1-4H3;12-14H,4-11H2,1-3H3. The lowest BCUT2D eigenvalue weighted by atomic mass is 9.79. The molecule has 6 heterocycles. The van der Waals surface area contributed by atoms with E-state index in [1.54, 1.807) is 0 Å². The van der Waals surface area contributed by atoms with Crippen molar-refractivity contribution in [1.29, 1.82) is 0 Å². The fourth-order valence-corrected chi connectivity index (χ4v) is 8.28. The normalized spacial score (nSPS) is 19.8. The van der Waals surface area contributed by atoms with Crippen molar-refractivity contribution in [2.24, 2.45) is 23.7 Å². The molecule has 2 aromatic rings. The van der Waals surface area contributed by atoms with Crippen molar-refractivity contribution in [1.82, 2.24) is 29.7 Å². The summed E-state index contributed by atoms with van der Waals surface area (Å²) in [6.45, 7) is 17.4. The van der Waals surface area contributed by atoms with E-state index < -0.39 is 22.8 Å². The van der Waals surface area contributed by atoms with Crippen LogP contribution in [-0.2, 0) is 9.47 Å². The lowest BCUT2D eigenvalue weighted by molar-refractivity contribution is 0.0142. The molecule has 0 spiro atoms. The molecule has 55 heavy (non-hydrogen) atoms. The van der Waals surface area contributed by atoms with Crippen molar-refractivity contribution in [3.63, 3.8) is 0 Å². The zero-order chi connectivity index (χ0) is 39.9. The lowest BCUT2D eigenvalue weighted by Gasteiger charge is -2.40. The first-order valence-electron chi connectivity index (χ1n) is 19.7. The quantitative estimate of drug-likeness (QED) is 0.278. The molecule has 306 valence electrons. The summed E-state index contributed by atoms with van der Waals surface area (Å²) in [5, 5.41) is 0.0723. The summed E-state index contributed by atoms with van der Waals surface area (Å²) < 4.78 is 44.0. The monoisotopic (exact) mass is 792 g/mol. The average molecular weight is 793 g/mol. The largest absolute Gasteiger partial charge is 0.467 e. The molecule has 0 bridgehead atoms. The number of ether oxygens (including phenoxy) is 3. The van der Waals surface area contributed by atoms with Gasteiger partial charge in [0.15, 0.2) is 23.3 Å². The number of anilines is 2. The molecule has 0 saturated carbocycles. The van der Waals surface area contributed by atoms with Crippen LogP contribution in [0.4, 0.5) is 30.0 Å². The van der Waals surface area contributed by atoms with Crippen LogP contribution in [0, 0.1) is 35.3 Å². The first-order chi connectivity index (χ1) is 26.0. The summed E-state index contributed by atoms with van der Waals surface area (Å²) in [7, 11) is 1.48. The Morgan fingerprint density at radius 3 is 1.33 bits per heavy atom. The van der Waals surface area contributed by atoms with Gasteiger partial charge in [0, 0.05) is 52.4 Å². The van der Waals surface area contributed by atoms with Gasteiger partial charge < -0.3 is 33.8 Å². The van der Waals surface area contributed by atoms with E-state index in [0.29, 0.717) is 35.3 Å². The molecule has 0 radical (unpaired) electrons. The highest BCUT2D eigenvalue weighted by Gasteiger charge is 2.35. The van der Waals surface area contributed by atoms with Crippen molar-refractivity contribution >= 4 is 35.4 Å².